The van der Waals surface area contributed by atoms with Crippen molar-refractivity contribution in [3.8, 4) is 0 Å². The first-order valence-electron chi connectivity index (χ1n) is 4.09. The Bertz CT molecular complexity index is 333. The van der Waals surface area contributed by atoms with Gasteiger partial charge in [-0.1, -0.05) is 0 Å². The van der Waals surface area contributed by atoms with Crippen LogP contribution < -0.4 is 5.73 Å². The van der Waals surface area contributed by atoms with Crippen molar-refractivity contribution in [1.82, 2.24) is 0 Å². The molecule has 0 aliphatic heterocycles. The zero-order valence-electron chi connectivity index (χ0n) is 8.11. The highest BCUT2D eigenvalue weighted by atomic mass is 32.1. The highest BCUT2D eigenvalue weighted by molar-refractivity contribution is 7.14. The number of ether oxygens (including phenoxy) is 1. The van der Waals surface area contributed by atoms with Crippen molar-refractivity contribution < 1.29 is 14.6 Å². The van der Waals surface area contributed by atoms with Gasteiger partial charge >= 0.3 is 5.97 Å². The second kappa shape index (κ2) is 4.08. The summed E-state index contributed by atoms with van der Waals surface area (Å²) >= 11 is 1.24. The van der Waals surface area contributed by atoms with E-state index >= 15 is 0 Å². The van der Waals surface area contributed by atoms with Gasteiger partial charge in [0, 0.05) is 4.88 Å². The number of nitrogens with two attached hydrogens (primary N) is 1. The average Bonchev–Trinajstić information content (AvgIpc) is 2.66. The smallest absolute Gasteiger partial charge is 0.348 e. The maximum absolute atomic E-state index is 11.1. The van der Waals surface area contributed by atoms with E-state index in [9.17, 15) is 4.79 Å². The molecule has 0 amide bonds. The molecule has 1 aromatic heterocycles. The molecule has 1 heterocycles. The summed E-state index contributed by atoms with van der Waals surface area (Å²) in [6.07, 6.45) is 0. The van der Waals surface area contributed by atoms with Crippen LogP contribution in [0.2, 0.25) is 0 Å². The monoisotopic (exact) mass is 215 g/mol. The van der Waals surface area contributed by atoms with Crippen LogP contribution in [0.3, 0.4) is 0 Å². The van der Waals surface area contributed by atoms with E-state index in [1.807, 2.05) is 0 Å². The Morgan fingerprint density at radius 1 is 1.71 bits per heavy atom. The quantitative estimate of drug-likeness (QED) is 0.728. The molecule has 0 spiro atoms. The summed E-state index contributed by atoms with van der Waals surface area (Å²) in [5, 5.41) is 9.02. The van der Waals surface area contributed by atoms with Crippen LogP contribution in [0.5, 0.6) is 0 Å². The Morgan fingerprint density at radius 2 is 2.36 bits per heavy atom. The Morgan fingerprint density at radius 3 is 2.86 bits per heavy atom. The minimum Gasteiger partial charge on any atom is -0.465 e. The standard InChI is InChI=1S/C9H13NO3S/c1-9(10,5-11)7-4-3-6(14-7)8(12)13-2/h3-4,11H,5,10H2,1-2H3. The summed E-state index contributed by atoms with van der Waals surface area (Å²) in [7, 11) is 1.33. The molecule has 1 atom stereocenters. The molecule has 4 nitrogen and oxygen atoms in total. The molecule has 78 valence electrons. The average molecular weight is 215 g/mol. The lowest BCUT2D eigenvalue weighted by Gasteiger charge is -2.19. The minimum absolute atomic E-state index is 0.159. The number of aliphatic hydroxyl groups is 1. The second-order valence-corrected chi connectivity index (χ2v) is 4.31. The van der Waals surface area contributed by atoms with Gasteiger partial charge in [0.05, 0.1) is 19.3 Å². The number of hydrogen-bond donors (Lipinski definition) is 2. The first-order chi connectivity index (χ1) is 6.51. The van der Waals surface area contributed by atoms with Crippen molar-refractivity contribution >= 4 is 17.3 Å². The fourth-order valence-corrected chi connectivity index (χ4v) is 1.91. The molecule has 0 aromatic carbocycles. The Labute approximate surface area is 86.3 Å². The molecule has 5 heteroatoms. The molecule has 0 saturated heterocycles. The molecular weight excluding hydrogens is 202 g/mol. The van der Waals surface area contributed by atoms with E-state index in [4.69, 9.17) is 10.8 Å². The van der Waals surface area contributed by atoms with Gasteiger partial charge in [0.2, 0.25) is 0 Å². The first kappa shape index (κ1) is 11.2. The number of carbonyl (C=O) groups excluding carboxylic acids is 1. The van der Waals surface area contributed by atoms with Crippen molar-refractivity contribution in [3.05, 3.63) is 21.9 Å². The molecule has 0 saturated carbocycles. The lowest BCUT2D eigenvalue weighted by atomic mass is 10.0. The maximum Gasteiger partial charge on any atom is 0.348 e. The number of thiophene rings is 1. The van der Waals surface area contributed by atoms with Crippen LogP contribution >= 0.6 is 11.3 Å². The van der Waals surface area contributed by atoms with Gasteiger partial charge in [-0.15, -0.1) is 11.3 Å². The Hall–Kier alpha value is -0.910. The van der Waals surface area contributed by atoms with E-state index in [1.54, 1.807) is 19.1 Å². The molecule has 14 heavy (non-hydrogen) atoms. The number of carbonyl (C=O) groups is 1. The van der Waals surface area contributed by atoms with E-state index < -0.39 is 5.54 Å². The van der Waals surface area contributed by atoms with E-state index in [0.717, 1.165) is 4.88 Å². The van der Waals surface area contributed by atoms with Crippen LogP contribution in [0.1, 0.15) is 21.5 Å². The van der Waals surface area contributed by atoms with Crippen molar-refractivity contribution in [2.75, 3.05) is 13.7 Å². The molecule has 0 bridgehead atoms. The van der Waals surface area contributed by atoms with Crippen LogP contribution in [0.4, 0.5) is 0 Å². The third-order valence-electron chi connectivity index (χ3n) is 1.88. The van der Waals surface area contributed by atoms with Gasteiger partial charge in [-0.3, -0.25) is 0 Å². The first-order valence-corrected chi connectivity index (χ1v) is 4.91. The summed E-state index contributed by atoms with van der Waals surface area (Å²) in [4.78, 5) is 12.4. The van der Waals surface area contributed by atoms with Crippen LogP contribution in [0.15, 0.2) is 12.1 Å². The molecule has 0 fully saturated rings. The highest BCUT2D eigenvalue weighted by Crippen LogP contribution is 2.26. The summed E-state index contributed by atoms with van der Waals surface area (Å²) < 4.78 is 4.56. The van der Waals surface area contributed by atoms with E-state index in [-0.39, 0.29) is 12.6 Å². The molecule has 3 N–H and O–H groups in total. The topological polar surface area (TPSA) is 72.5 Å². The summed E-state index contributed by atoms with van der Waals surface area (Å²) in [5.74, 6) is -0.380. The normalized spacial score (nSPS) is 14.9. The second-order valence-electron chi connectivity index (χ2n) is 3.23. The fourth-order valence-electron chi connectivity index (χ4n) is 0.933. The highest BCUT2D eigenvalue weighted by Gasteiger charge is 2.23. The lowest BCUT2D eigenvalue weighted by molar-refractivity contribution is 0.0606. The summed E-state index contributed by atoms with van der Waals surface area (Å²) in [6, 6.07) is 3.37. The lowest BCUT2D eigenvalue weighted by Crippen LogP contribution is -2.35. The third-order valence-corrected chi connectivity index (χ3v) is 3.23. The van der Waals surface area contributed by atoms with Crippen LogP contribution in [-0.4, -0.2) is 24.8 Å². The summed E-state index contributed by atoms with van der Waals surface area (Å²) in [5.41, 5.74) is 5.01. The fraction of sp³-hybridized carbons (Fsp3) is 0.444. The number of aliphatic hydroxyl groups excluding tert-OH is 1. The zero-order chi connectivity index (χ0) is 10.8. The van der Waals surface area contributed by atoms with E-state index in [2.05, 4.69) is 4.74 Å². The predicted molar refractivity (Wildman–Crippen MR) is 54.3 cm³/mol. The molecule has 0 radical (unpaired) electrons. The molecule has 0 aliphatic carbocycles. The van der Waals surface area contributed by atoms with Gasteiger partial charge in [0.25, 0.3) is 0 Å². The largest absolute Gasteiger partial charge is 0.465 e. The minimum atomic E-state index is -0.795. The molecule has 0 aliphatic rings. The van der Waals surface area contributed by atoms with Crippen LogP contribution in [0.25, 0.3) is 0 Å². The molecular formula is C9H13NO3S. The Kier molecular flexibility index (Phi) is 3.25. The van der Waals surface area contributed by atoms with Crippen molar-refractivity contribution in [2.24, 2.45) is 5.73 Å². The van der Waals surface area contributed by atoms with E-state index in [1.165, 1.54) is 18.4 Å². The third kappa shape index (κ3) is 2.12. The maximum atomic E-state index is 11.1. The number of methoxy groups -OCH3 is 1. The van der Waals surface area contributed by atoms with Gasteiger partial charge in [-0.2, -0.15) is 0 Å². The predicted octanol–water partition coefficient (Wildman–Crippen LogP) is 0.701. The number of hydrogen-bond acceptors (Lipinski definition) is 5. The number of esters is 1. The Balaban J connectivity index is 2.93. The summed E-state index contributed by atoms with van der Waals surface area (Å²) in [6.45, 7) is 1.55. The van der Waals surface area contributed by atoms with Gasteiger partial charge in [0.1, 0.15) is 4.88 Å². The van der Waals surface area contributed by atoms with Crippen LogP contribution in [-0.2, 0) is 10.3 Å². The van der Waals surface area contributed by atoms with Crippen LogP contribution in [0, 0.1) is 0 Å². The molecule has 1 aromatic rings. The SMILES string of the molecule is COC(=O)c1ccc(C(C)(N)CO)s1. The van der Waals surface area contributed by atoms with Gasteiger partial charge in [0.15, 0.2) is 0 Å². The van der Waals surface area contributed by atoms with Gasteiger partial charge < -0.3 is 15.6 Å². The van der Waals surface area contributed by atoms with Crippen molar-refractivity contribution in [1.29, 1.82) is 0 Å². The van der Waals surface area contributed by atoms with Crippen molar-refractivity contribution in [2.45, 2.75) is 12.5 Å². The number of rotatable bonds is 3. The van der Waals surface area contributed by atoms with E-state index in [0.29, 0.717) is 4.88 Å². The van der Waals surface area contributed by atoms with Gasteiger partial charge in [-0.05, 0) is 19.1 Å². The zero-order valence-corrected chi connectivity index (χ0v) is 8.93. The molecule has 1 rings (SSSR count). The van der Waals surface area contributed by atoms with Gasteiger partial charge in [-0.25, -0.2) is 4.79 Å². The molecule has 1 unspecified atom stereocenters. The van der Waals surface area contributed by atoms with Crippen molar-refractivity contribution in [3.63, 3.8) is 0 Å².